The minimum atomic E-state index is 0.874. The van der Waals surface area contributed by atoms with E-state index in [2.05, 4.69) is 47.1 Å². The zero-order valence-electron chi connectivity index (χ0n) is 9.33. The molecule has 0 aromatic heterocycles. The molecule has 0 amide bonds. The molecule has 0 unspecified atom stereocenters. The quantitative estimate of drug-likeness (QED) is 0.788. The van der Waals surface area contributed by atoms with Gasteiger partial charge in [0.15, 0.2) is 0 Å². The Balaban J connectivity index is 2.50. The van der Waals surface area contributed by atoms with Gasteiger partial charge in [-0.05, 0) is 36.2 Å². The fourth-order valence-electron chi connectivity index (χ4n) is 1.59. The first-order valence-electron chi connectivity index (χ1n) is 5.11. The number of ether oxygens (including phenoxy) is 1. The van der Waals surface area contributed by atoms with Crippen LogP contribution in [0.1, 0.15) is 5.56 Å². The molecule has 0 N–H and O–H groups in total. The second-order valence-electron chi connectivity index (χ2n) is 3.71. The molecule has 16 heavy (non-hydrogen) atoms. The topological polar surface area (TPSA) is 9.23 Å². The zero-order chi connectivity index (χ0) is 11.5. The summed E-state index contributed by atoms with van der Waals surface area (Å²) in [4.78, 5) is 0. The average molecular weight is 277 g/mol. The molecule has 2 aromatic carbocycles. The molecule has 0 atom stereocenters. The third-order valence-corrected chi connectivity index (χ3v) is 3.23. The van der Waals surface area contributed by atoms with E-state index in [0.717, 1.165) is 15.8 Å². The molecule has 0 saturated heterocycles. The van der Waals surface area contributed by atoms with Crippen LogP contribution in [0.5, 0.6) is 5.75 Å². The van der Waals surface area contributed by atoms with Crippen LogP contribution < -0.4 is 4.74 Å². The van der Waals surface area contributed by atoms with Gasteiger partial charge in [-0.3, -0.25) is 0 Å². The molecular formula is C14H13BrO. The molecule has 2 aromatic rings. The van der Waals surface area contributed by atoms with E-state index in [4.69, 9.17) is 4.74 Å². The minimum absolute atomic E-state index is 0.874. The summed E-state index contributed by atoms with van der Waals surface area (Å²) in [5.41, 5.74) is 3.61. The van der Waals surface area contributed by atoms with Gasteiger partial charge in [0.2, 0.25) is 0 Å². The van der Waals surface area contributed by atoms with Gasteiger partial charge in [-0.2, -0.15) is 0 Å². The summed E-state index contributed by atoms with van der Waals surface area (Å²) in [6.07, 6.45) is 0. The number of hydrogen-bond donors (Lipinski definition) is 0. The first-order valence-corrected chi connectivity index (χ1v) is 5.90. The van der Waals surface area contributed by atoms with E-state index < -0.39 is 0 Å². The minimum Gasteiger partial charge on any atom is -0.497 e. The number of halogens is 1. The molecule has 82 valence electrons. The predicted molar refractivity (Wildman–Crippen MR) is 70.9 cm³/mol. The lowest BCUT2D eigenvalue weighted by molar-refractivity contribution is 0.415. The number of aryl methyl sites for hydroxylation is 1. The third kappa shape index (κ3) is 2.27. The van der Waals surface area contributed by atoms with Crippen molar-refractivity contribution in [2.24, 2.45) is 0 Å². The molecule has 2 rings (SSSR count). The van der Waals surface area contributed by atoms with Gasteiger partial charge in [0.1, 0.15) is 5.75 Å². The Labute approximate surface area is 104 Å². The van der Waals surface area contributed by atoms with Crippen molar-refractivity contribution >= 4 is 15.9 Å². The van der Waals surface area contributed by atoms with Gasteiger partial charge in [-0.1, -0.05) is 45.8 Å². The molecule has 0 aliphatic rings. The Morgan fingerprint density at radius 2 is 1.69 bits per heavy atom. The molecule has 0 radical (unpaired) electrons. The molecule has 0 heterocycles. The van der Waals surface area contributed by atoms with Crippen LogP contribution in [0.25, 0.3) is 11.1 Å². The van der Waals surface area contributed by atoms with Crippen LogP contribution in [0.2, 0.25) is 0 Å². The summed E-state index contributed by atoms with van der Waals surface area (Å²) in [5.74, 6) is 0.874. The van der Waals surface area contributed by atoms with E-state index >= 15 is 0 Å². The molecule has 0 bridgehead atoms. The number of methoxy groups -OCH3 is 1. The van der Waals surface area contributed by atoms with Crippen LogP contribution in [0, 0.1) is 6.92 Å². The van der Waals surface area contributed by atoms with Crippen molar-refractivity contribution in [2.45, 2.75) is 6.92 Å². The molecular weight excluding hydrogens is 264 g/mol. The van der Waals surface area contributed by atoms with Gasteiger partial charge in [-0.15, -0.1) is 0 Å². The lowest BCUT2D eigenvalue weighted by atomic mass is 10.0. The van der Waals surface area contributed by atoms with Crippen molar-refractivity contribution in [3.05, 3.63) is 52.5 Å². The second kappa shape index (κ2) is 4.71. The zero-order valence-corrected chi connectivity index (χ0v) is 10.9. The lowest BCUT2D eigenvalue weighted by Crippen LogP contribution is -1.85. The average Bonchev–Trinajstić information content (AvgIpc) is 2.31. The predicted octanol–water partition coefficient (Wildman–Crippen LogP) is 4.43. The van der Waals surface area contributed by atoms with Crippen LogP contribution in [-0.4, -0.2) is 7.11 Å². The first kappa shape index (κ1) is 11.2. The van der Waals surface area contributed by atoms with Gasteiger partial charge in [0.25, 0.3) is 0 Å². The fourth-order valence-corrected chi connectivity index (χ4v) is 2.06. The van der Waals surface area contributed by atoms with Crippen molar-refractivity contribution in [3.63, 3.8) is 0 Å². The summed E-state index contributed by atoms with van der Waals surface area (Å²) in [5, 5.41) is 0. The van der Waals surface area contributed by atoms with Crippen LogP contribution in [0.4, 0.5) is 0 Å². The maximum absolute atomic E-state index is 5.23. The monoisotopic (exact) mass is 276 g/mol. The van der Waals surface area contributed by atoms with Crippen molar-refractivity contribution in [2.75, 3.05) is 7.11 Å². The molecule has 1 nitrogen and oxygen atoms in total. The molecule has 0 saturated carbocycles. The van der Waals surface area contributed by atoms with Crippen molar-refractivity contribution in [1.29, 1.82) is 0 Å². The molecule has 0 spiro atoms. The van der Waals surface area contributed by atoms with Gasteiger partial charge >= 0.3 is 0 Å². The Bertz CT molecular complexity index is 489. The van der Waals surface area contributed by atoms with Crippen molar-refractivity contribution < 1.29 is 4.74 Å². The third-order valence-electron chi connectivity index (χ3n) is 2.54. The Kier molecular flexibility index (Phi) is 3.30. The standard InChI is InChI=1S/C14H13BrO/c1-10-3-5-11(6-4-10)13-9-12(16-2)7-8-14(13)15/h3-9H,1-2H3. The molecule has 0 fully saturated rings. The molecule has 0 aliphatic heterocycles. The van der Waals surface area contributed by atoms with Crippen LogP contribution in [0.3, 0.4) is 0 Å². The Hall–Kier alpha value is -1.28. The Morgan fingerprint density at radius 3 is 2.31 bits per heavy atom. The van der Waals surface area contributed by atoms with Gasteiger partial charge in [0, 0.05) is 4.47 Å². The molecule has 2 heteroatoms. The van der Waals surface area contributed by atoms with E-state index in [9.17, 15) is 0 Å². The highest BCUT2D eigenvalue weighted by atomic mass is 79.9. The van der Waals surface area contributed by atoms with E-state index in [1.807, 2.05) is 18.2 Å². The van der Waals surface area contributed by atoms with Crippen LogP contribution >= 0.6 is 15.9 Å². The SMILES string of the molecule is COc1ccc(Br)c(-c2ccc(C)cc2)c1. The largest absolute Gasteiger partial charge is 0.497 e. The van der Waals surface area contributed by atoms with Crippen molar-refractivity contribution in [1.82, 2.24) is 0 Å². The van der Waals surface area contributed by atoms with Gasteiger partial charge in [0.05, 0.1) is 7.11 Å². The number of rotatable bonds is 2. The summed E-state index contributed by atoms with van der Waals surface area (Å²) in [7, 11) is 1.68. The summed E-state index contributed by atoms with van der Waals surface area (Å²) in [6, 6.07) is 14.5. The van der Waals surface area contributed by atoms with E-state index in [0.29, 0.717) is 0 Å². The maximum Gasteiger partial charge on any atom is 0.119 e. The normalized spacial score (nSPS) is 10.2. The van der Waals surface area contributed by atoms with E-state index in [-0.39, 0.29) is 0 Å². The van der Waals surface area contributed by atoms with Crippen LogP contribution in [-0.2, 0) is 0 Å². The van der Waals surface area contributed by atoms with Gasteiger partial charge < -0.3 is 4.74 Å². The maximum atomic E-state index is 5.23. The fraction of sp³-hybridized carbons (Fsp3) is 0.143. The van der Waals surface area contributed by atoms with Crippen LogP contribution in [0.15, 0.2) is 46.9 Å². The molecule has 0 aliphatic carbocycles. The second-order valence-corrected chi connectivity index (χ2v) is 4.57. The highest BCUT2D eigenvalue weighted by molar-refractivity contribution is 9.10. The van der Waals surface area contributed by atoms with E-state index in [1.54, 1.807) is 7.11 Å². The Morgan fingerprint density at radius 1 is 1.00 bits per heavy atom. The summed E-state index contributed by atoms with van der Waals surface area (Å²) in [6.45, 7) is 2.09. The smallest absolute Gasteiger partial charge is 0.119 e. The number of hydrogen-bond acceptors (Lipinski definition) is 1. The first-order chi connectivity index (χ1) is 7.70. The highest BCUT2D eigenvalue weighted by Crippen LogP contribution is 2.31. The summed E-state index contributed by atoms with van der Waals surface area (Å²) < 4.78 is 6.31. The van der Waals surface area contributed by atoms with Gasteiger partial charge in [-0.25, -0.2) is 0 Å². The number of benzene rings is 2. The highest BCUT2D eigenvalue weighted by Gasteiger charge is 2.04. The summed E-state index contributed by atoms with van der Waals surface area (Å²) >= 11 is 3.56. The lowest BCUT2D eigenvalue weighted by Gasteiger charge is -2.07. The van der Waals surface area contributed by atoms with Crippen molar-refractivity contribution in [3.8, 4) is 16.9 Å². The van der Waals surface area contributed by atoms with E-state index in [1.165, 1.54) is 11.1 Å².